The van der Waals surface area contributed by atoms with Crippen LogP contribution in [-0.4, -0.2) is 23.0 Å². The van der Waals surface area contributed by atoms with E-state index in [2.05, 4.69) is 24.1 Å². The van der Waals surface area contributed by atoms with Gasteiger partial charge in [0.2, 0.25) is 5.91 Å². The zero-order chi connectivity index (χ0) is 13.8. The van der Waals surface area contributed by atoms with Crippen molar-refractivity contribution in [1.82, 2.24) is 4.98 Å². The van der Waals surface area contributed by atoms with Crippen LogP contribution in [-0.2, 0) is 0 Å². The number of rotatable bonds is 6. The number of nitrogens with one attached hydrogen (secondary N) is 1. The highest BCUT2D eigenvalue weighted by Gasteiger charge is 2.24. The smallest absolute Gasteiger partial charge is 0.248 e. The van der Waals surface area contributed by atoms with Crippen molar-refractivity contribution in [2.45, 2.75) is 39.2 Å². The zero-order valence-corrected chi connectivity index (χ0v) is 11.3. The molecule has 0 radical (unpaired) electrons. The van der Waals surface area contributed by atoms with Gasteiger partial charge in [-0.3, -0.25) is 4.79 Å². The van der Waals surface area contributed by atoms with E-state index in [1.807, 2.05) is 6.92 Å². The quantitative estimate of drug-likeness (QED) is 0.711. The van der Waals surface area contributed by atoms with Crippen LogP contribution in [0, 0.1) is 6.92 Å². The first kappa shape index (κ1) is 14.4. The van der Waals surface area contributed by atoms with Crippen molar-refractivity contribution < 1.29 is 4.79 Å². The number of primary amides is 1. The Morgan fingerprint density at radius 3 is 2.44 bits per heavy atom. The van der Waals surface area contributed by atoms with E-state index in [0.29, 0.717) is 17.9 Å². The van der Waals surface area contributed by atoms with Crippen molar-refractivity contribution in [3.05, 3.63) is 23.4 Å². The summed E-state index contributed by atoms with van der Waals surface area (Å²) in [6, 6.07) is 3.35. The summed E-state index contributed by atoms with van der Waals surface area (Å²) in [5, 5.41) is 3.33. The summed E-state index contributed by atoms with van der Waals surface area (Å²) >= 11 is 0. The van der Waals surface area contributed by atoms with Crippen LogP contribution in [0.4, 0.5) is 5.82 Å². The van der Waals surface area contributed by atoms with Gasteiger partial charge in [0.25, 0.3) is 0 Å². The van der Waals surface area contributed by atoms with Crippen LogP contribution < -0.4 is 16.8 Å². The minimum absolute atomic E-state index is 0.185. The lowest BCUT2D eigenvalue weighted by atomic mass is 9.93. The summed E-state index contributed by atoms with van der Waals surface area (Å²) < 4.78 is 0. The van der Waals surface area contributed by atoms with Crippen molar-refractivity contribution in [2.24, 2.45) is 11.5 Å². The standard InChI is InChI=1S/C13H22N4O/c1-4-13(5-2,8-14)17-11-7-10(12(15)18)6-9(3)16-11/h6-7H,4-5,8,14H2,1-3H3,(H2,15,18)(H,16,17). The van der Waals surface area contributed by atoms with Gasteiger partial charge in [-0.15, -0.1) is 0 Å². The monoisotopic (exact) mass is 250 g/mol. The van der Waals surface area contributed by atoms with Gasteiger partial charge in [0.15, 0.2) is 0 Å². The molecule has 5 N–H and O–H groups in total. The lowest BCUT2D eigenvalue weighted by Crippen LogP contribution is -2.44. The normalized spacial score (nSPS) is 11.3. The maximum absolute atomic E-state index is 11.2. The number of carbonyl (C=O) groups is 1. The van der Waals surface area contributed by atoms with Crippen molar-refractivity contribution in [1.29, 1.82) is 0 Å². The second-order valence-electron chi connectivity index (χ2n) is 4.56. The fraction of sp³-hybridized carbons (Fsp3) is 0.538. The first-order valence-electron chi connectivity index (χ1n) is 6.23. The van der Waals surface area contributed by atoms with Crippen LogP contribution in [0.25, 0.3) is 0 Å². The second kappa shape index (κ2) is 5.82. The zero-order valence-electron chi connectivity index (χ0n) is 11.3. The lowest BCUT2D eigenvalue weighted by Gasteiger charge is -2.32. The molecule has 0 aromatic carbocycles. The Balaban J connectivity index is 3.06. The van der Waals surface area contributed by atoms with Gasteiger partial charge in [-0.1, -0.05) is 13.8 Å². The highest BCUT2D eigenvalue weighted by molar-refractivity contribution is 5.93. The molecule has 0 unspecified atom stereocenters. The van der Waals surface area contributed by atoms with Crippen LogP contribution in [0.1, 0.15) is 42.7 Å². The number of pyridine rings is 1. The van der Waals surface area contributed by atoms with E-state index >= 15 is 0 Å². The van der Waals surface area contributed by atoms with Gasteiger partial charge in [0, 0.05) is 17.8 Å². The number of carbonyl (C=O) groups excluding carboxylic acids is 1. The van der Waals surface area contributed by atoms with Crippen molar-refractivity contribution in [2.75, 3.05) is 11.9 Å². The topological polar surface area (TPSA) is 94.0 Å². The molecule has 18 heavy (non-hydrogen) atoms. The molecule has 0 aliphatic heterocycles. The number of amides is 1. The average molecular weight is 250 g/mol. The largest absolute Gasteiger partial charge is 0.366 e. The third-order valence-electron chi connectivity index (χ3n) is 3.38. The van der Waals surface area contributed by atoms with E-state index in [1.54, 1.807) is 12.1 Å². The molecular formula is C13H22N4O. The molecule has 1 aromatic heterocycles. The number of anilines is 1. The summed E-state index contributed by atoms with van der Waals surface area (Å²) in [7, 11) is 0. The number of hydrogen-bond acceptors (Lipinski definition) is 4. The van der Waals surface area contributed by atoms with Gasteiger partial charge >= 0.3 is 0 Å². The number of hydrogen-bond donors (Lipinski definition) is 3. The Hall–Kier alpha value is -1.62. The summed E-state index contributed by atoms with van der Waals surface area (Å²) in [5.41, 5.74) is 12.2. The molecule has 1 heterocycles. The van der Waals surface area contributed by atoms with Gasteiger partial charge in [0.05, 0.1) is 5.54 Å². The Kier molecular flexibility index (Phi) is 4.67. The van der Waals surface area contributed by atoms with Crippen LogP contribution in [0.3, 0.4) is 0 Å². The van der Waals surface area contributed by atoms with E-state index < -0.39 is 5.91 Å². The van der Waals surface area contributed by atoms with Crippen molar-refractivity contribution >= 4 is 11.7 Å². The predicted octanol–water partition coefficient (Wildman–Crippen LogP) is 1.42. The number of aromatic nitrogens is 1. The van der Waals surface area contributed by atoms with E-state index in [9.17, 15) is 4.79 Å². The van der Waals surface area contributed by atoms with Crippen LogP contribution in [0.5, 0.6) is 0 Å². The molecule has 0 saturated carbocycles. The molecule has 1 amide bonds. The van der Waals surface area contributed by atoms with Crippen molar-refractivity contribution in [3.63, 3.8) is 0 Å². The van der Waals surface area contributed by atoms with E-state index in [1.165, 1.54) is 0 Å². The predicted molar refractivity (Wildman–Crippen MR) is 73.5 cm³/mol. The molecule has 0 fully saturated rings. The molecule has 100 valence electrons. The highest BCUT2D eigenvalue weighted by atomic mass is 16.1. The second-order valence-corrected chi connectivity index (χ2v) is 4.56. The maximum Gasteiger partial charge on any atom is 0.248 e. The molecule has 0 spiro atoms. The lowest BCUT2D eigenvalue weighted by molar-refractivity contribution is 0.1000. The molecule has 5 nitrogen and oxygen atoms in total. The Bertz CT molecular complexity index is 419. The molecule has 0 aliphatic rings. The molecule has 0 saturated heterocycles. The van der Waals surface area contributed by atoms with Gasteiger partial charge in [-0.2, -0.15) is 0 Å². The van der Waals surface area contributed by atoms with Crippen LogP contribution in [0.15, 0.2) is 12.1 Å². The van der Waals surface area contributed by atoms with Gasteiger partial charge in [0.1, 0.15) is 5.82 Å². The molecule has 1 aromatic rings. The molecule has 0 aliphatic carbocycles. The summed E-state index contributed by atoms with van der Waals surface area (Å²) in [4.78, 5) is 15.6. The Morgan fingerprint density at radius 1 is 1.39 bits per heavy atom. The third kappa shape index (κ3) is 3.20. The number of aryl methyl sites for hydroxylation is 1. The average Bonchev–Trinajstić information content (AvgIpc) is 2.35. The first-order valence-corrected chi connectivity index (χ1v) is 6.23. The minimum Gasteiger partial charge on any atom is -0.366 e. The van der Waals surface area contributed by atoms with Crippen LogP contribution >= 0.6 is 0 Å². The molecule has 5 heteroatoms. The summed E-state index contributed by atoms with van der Waals surface area (Å²) in [6.07, 6.45) is 1.78. The number of nitrogens with two attached hydrogens (primary N) is 2. The van der Waals surface area contributed by atoms with Gasteiger partial charge in [-0.25, -0.2) is 4.98 Å². The third-order valence-corrected chi connectivity index (χ3v) is 3.38. The van der Waals surface area contributed by atoms with E-state index in [4.69, 9.17) is 11.5 Å². The van der Waals surface area contributed by atoms with E-state index in [0.717, 1.165) is 18.5 Å². The van der Waals surface area contributed by atoms with E-state index in [-0.39, 0.29) is 5.54 Å². The Morgan fingerprint density at radius 2 is 2.00 bits per heavy atom. The molecule has 0 bridgehead atoms. The molecule has 0 atom stereocenters. The first-order chi connectivity index (χ1) is 8.46. The fourth-order valence-electron chi connectivity index (χ4n) is 1.91. The SMILES string of the molecule is CCC(CC)(CN)Nc1cc(C(N)=O)cc(C)n1. The van der Waals surface area contributed by atoms with Crippen LogP contribution in [0.2, 0.25) is 0 Å². The fourth-order valence-corrected chi connectivity index (χ4v) is 1.91. The molecular weight excluding hydrogens is 228 g/mol. The minimum atomic E-state index is -0.449. The highest BCUT2D eigenvalue weighted by Crippen LogP contribution is 2.21. The van der Waals surface area contributed by atoms with Gasteiger partial charge < -0.3 is 16.8 Å². The Labute approximate surface area is 108 Å². The summed E-state index contributed by atoms with van der Waals surface area (Å²) in [6.45, 7) is 6.50. The van der Waals surface area contributed by atoms with Gasteiger partial charge in [-0.05, 0) is 31.9 Å². The van der Waals surface area contributed by atoms with Crippen molar-refractivity contribution in [3.8, 4) is 0 Å². The number of nitrogens with zero attached hydrogens (tertiary/aromatic N) is 1. The maximum atomic E-state index is 11.2. The molecule has 1 rings (SSSR count). The summed E-state index contributed by atoms with van der Waals surface area (Å²) in [5.74, 6) is 0.202.